The summed E-state index contributed by atoms with van der Waals surface area (Å²) in [4.78, 5) is 5.29. The maximum absolute atomic E-state index is 9.58. The minimum absolute atomic E-state index is 0.251. The van der Waals surface area contributed by atoms with E-state index in [1.54, 1.807) is 0 Å². The Labute approximate surface area is 395 Å². The Balaban J connectivity index is 0.000000339. The summed E-state index contributed by atoms with van der Waals surface area (Å²) in [5.41, 5.74) is 11.5. The smallest absolute Gasteiger partial charge is 0.191 e. The van der Waals surface area contributed by atoms with Gasteiger partial charge in [0.2, 0.25) is 0 Å². The zero-order chi connectivity index (χ0) is 47.2. The summed E-state index contributed by atoms with van der Waals surface area (Å²) < 4.78 is 6.10. The van der Waals surface area contributed by atoms with Crippen LogP contribution in [0.3, 0.4) is 0 Å². The molecule has 6 heteroatoms. The molecule has 5 atom stereocenters. The van der Waals surface area contributed by atoms with E-state index in [0.717, 1.165) is 45.4 Å². The molecule has 0 unspecified atom stereocenters. The lowest BCUT2D eigenvalue weighted by Gasteiger charge is -2.37. The summed E-state index contributed by atoms with van der Waals surface area (Å²) in [7, 11) is -1.56. The van der Waals surface area contributed by atoms with Crippen LogP contribution in [0.5, 0.6) is 0 Å². The third kappa shape index (κ3) is 21.9. The molecule has 4 aromatic rings. The fourth-order valence-corrected chi connectivity index (χ4v) is 9.27. The molecule has 0 bridgehead atoms. The second kappa shape index (κ2) is 32.5. The Hall–Kier alpha value is -3.10. The first kappa shape index (κ1) is 57.0. The van der Waals surface area contributed by atoms with Gasteiger partial charge in [0.1, 0.15) is 0 Å². The topological polar surface area (TPSA) is 62.0 Å². The van der Waals surface area contributed by atoms with Crippen molar-refractivity contribution in [3.05, 3.63) is 144 Å². The Morgan fingerprint density at radius 3 is 1.27 bits per heavy atom. The third-order valence-corrected chi connectivity index (χ3v) is 18.0. The lowest BCUT2D eigenvalue weighted by Crippen LogP contribution is -2.41. The Morgan fingerprint density at radius 2 is 0.906 bits per heavy atom. The molecule has 3 N–H and O–H groups in total. The molecule has 0 saturated heterocycles. The molecule has 4 rings (SSSR count). The molecule has 0 aromatic heterocycles. The van der Waals surface area contributed by atoms with Crippen LogP contribution in [0.1, 0.15) is 180 Å². The lowest BCUT2D eigenvalue weighted by atomic mass is 9.97. The van der Waals surface area contributed by atoms with Gasteiger partial charge in [-0.1, -0.05) is 215 Å². The molecule has 0 heterocycles. The van der Waals surface area contributed by atoms with Gasteiger partial charge >= 0.3 is 0 Å². The van der Waals surface area contributed by atoms with Crippen LogP contribution >= 0.6 is 0 Å². The molecular formula is C58H95N3O2Si. The van der Waals surface area contributed by atoms with Crippen LogP contribution in [0.25, 0.3) is 0 Å². The van der Waals surface area contributed by atoms with Crippen LogP contribution < -0.4 is 5.73 Å². The highest BCUT2D eigenvalue weighted by molar-refractivity contribution is 6.74. The molecule has 358 valence electrons. The van der Waals surface area contributed by atoms with Crippen molar-refractivity contribution in [2.75, 3.05) is 13.2 Å². The normalized spacial score (nSPS) is 14.2. The van der Waals surface area contributed by atoms with Gasteiger partial charge in [0.15, 0.2) is 8.32 Å². The number of unbranched alkanes of at least 4 members (excludes halogenated alkanes) is 3. The van der Waals surface area contributed by atoms with Crippen molar-refractivity contribution in [3.8, 4) is 0 Å². The number of hydrogen-bond acceptors (Lipinski definition) is 5. The van der Waals surface area contributed by atoms with Gasteiger partial charge in [-0.2, -0.15) is 0 Å². The molecule has 0 amide bonds. The number of nitrogens with two attached hydrogens (primary N) is 1. The molecule has 0 spiro atoms. The molecule has 0 radical (unpaired) electrons. The van der Waals surface area contributed by atoms with Crippen LogP contribution in [0.4, 0.5) is 0 Å². The summed E-state index contributed by atoms with van der Waals surface area (Å²) in [5, 5.41) is 9.88. The molecule has 4 aromatic carbocycles. The third-order valence-electron chi connectivity index (χ3n) is 13.5. The molecule has 0 fully saturated rings. The van der Waals surface area contributed by atoms with Crippen molar-refractivity contribution in [2.24, 2.45) is 5.73 Å². The van der Waals surface area contributed by atoms with E-state index in [0.29, 0.717) is 35.2 Å². The second-order valence-electron chi connectivity index (χ2n) is 19.7. The van der Waals surface area contributed by atoms with Crippen LogP contribution in [0, 0.1) is 0 Å². The van der Waals surface area contributed by atoms with Gasteiger partial charge < -0.3 is 15.3 Å². The highest BCUT2D eigenvalue weighted by Crippen LogP contribution is 2.37. The van der Waals surface area contributed by atoms with Crippen molar-refractivity contribution in [2.45, 2.75) is 207 Å². The van der Waals surface area contributed by atoms with Gasteiger partial charge in [-0.15, -0.1) is 0 Å². The van der Waals surface area contributed by atoms with E-state index in [-0.39, 0.29) is 6.61 Å². The number of benzene rings is 4. The zero-order valence-electron chi connectivity index (χ0n) is 42.8. The maximum atomic E-state index is 9.58. The van der Waals surface area contributed by atoms with Crippen molar-refractivity contribution in [1.82, 2.24) is 9.80 Å². The average molecular weight is 895 g/mol. The van der Waals surface area contributed by atoms with Gasteiger partial charge in [-0.05, 0) is 92.8 Å². The van der Waals surface area contributed by atoms with E-state index >= 15 is 0 Å². The van der Waals surface area contributed by atoms with Crippen molar-refractivity contribution in [1.29, 1.82) is 0 Å². The number of aliphatic hydroxyl groups is 1. The molecular weight excluding hydrogens is 799 g/mol. The fourth-order valence-electron chi connectivity index (χ4n) is 8.21. The summed E-state index contributed by atoms with van der Waals surface area (Å²) in [6.45, 7) is 28.2. The van der Waals surface area contributed by atoms with Gasteiger partial charge in [0.05, 0.1) is 0 Å². The number of nitrogens with zero attached hydrogens (tertiary/aromatic N) is 2. The maximum Gasteiger partial charge on any atom is 0.191 e. The predicted molar refractivity (Wildman–Crippen MR) is 282 cm³/mol. The van der Waals surface area contributed by atoms with Crippen molar-refractivity contribution < 1.29 is 9.53 Å². The molecule has 0 saturated carbocycles. The number of aliphatic hydroxyl groups excluding tert-OH is 1. The predicted octanol–water partition coefficient (Wildman–Crippen LogP) is 15.7. The first-order valence-electron chi connectivity index (χ1n) is 25.4. The summed E-state index contributed by atoms with van der Waals surface area (Å²) in [5.74, 6) is 0. The van der Waals surface area contributed by atoms with Gasteiger partial charge in [0, 0.05) is 56.5 Å². The molecule has 5 nitrogen and oxygen atoms in total. The second-order valence-corrected chi connectivity index (χ2v) is 24.5. The van der Waals surface area contributed by atoms with Crippen LogP contribution in [-0.4, -0.2) is 54.6 Å². The fraction of sp³-hybridized carbons (Fsp3) is 0.586. The van der Waals surface area contributed by atoms with Crippen LogP contribution in [0.15, 0.2) is 121 Å². The standard InChI is InChI=1S/C23H33N.C22H31NO.C13H31NOSi/c1-4-6-18-23(13-5-2)24(19-21-14-9-7-10-15-21)20(3)22-16-11-8-12-17-22;1-3-4-15-22(16-17-24)23(18-20-11-7-5-8-12-20)19(2)21-13-9-6-10-14-21;1-7-8-9-12(14)10-11-15-16(5,6)13(2,3)4/h7-12,14-17,20,23H,4-6,13,18-19H2,1-3H3;5-14,19,22,24H,3-4,15-18H2,1-2H3;12H,7-11,14H2,1-6H3/t20-,23+;19-,22-;12-/m000/s1. The average Bonchev–Trinajstić information content (AvgIpc) is 3.30. The number of rotatable bonds is 27. The van der Waals surface area contributed by atoms with E-state index in [1.807, 2.05) is 0 Å². The highest BCUT2D eigenvalue weighted by Gasteiger charge is 2.37. The Morgan fingerprint density at radius 1 is 0.531 bits per heavy atom. The Bertz CT molecular complexity index is 1560. The summed E-state index contributed by atoms with van der Waals surface area (Å²) in [6, 6.07) is 45.4. The van der Waals surface area contributed by atoms with Crippen molar-refractivity contribution >= 4 is 8.32 Å². The van der Waals surface area contributed by atoms with E-state index in [4.69, 9.17) is 10.2 Å². The number of hydrogen-bond donors (Lipinski definition) is 2. The first-order valence-corrected chi connectivity index (χ1v) is 28.3. The summed E-state index contributed by atoms with van der Waals surface area (Å²) in [6.07, 6.45) is 15.4. The van der Waals surface area contributed by atoms with E-state index in [9.17, 15) is 5.11 Å². The first-order chi connectivity index (χ1) is 30.7. The minimum Gasteiger partial charge on any atom is -0.417 e. The van der Waals surface area contributed by atoms with E-state index in [1.165, 1.54) is 80.0 Å². The van der Waals surface area contributed by atoms with Gasteiger partial charge in [-0.3, -0.25) is 9.80 Å². The van der Waals surface area contributed by atoms with E-state index in [2.05, 4.69) is 207 Å². The molecule has 0 aliphatic rings. The van der Waals surface area contributed by atoms with E-state index < -0.39 is 8.32 Å². The van der Waals surface area contributed by atoms with Gasteiger partial charge in [0.25, 0.3) is 0 Å². The van der Waals surface area contributed by atoms with Crippen molar-refractivity contribution in [3.63, 3.8) is 0 Å². The molecule has 0 aliphatic heterocycles. The van der Waals surface area contributed by atoms with Gasteiger partial charge in [-0.25, -0.2) is 0 Å². The minimum atomic E-state index is -1.56. The summed E-state index contributed by atoms with van der Waals surface area (Å²) >= 11 is 0. The SMILES string of the molecule is CCCC[C@@H](CCC)N(Cc1ccccc1)[C@@H](C)c1ccccc1.CCCC[C@@H](CCO)N(Cc1ccccc1)[C@@H](C)c1ccccc1.CCCC[C@H](N)CCO[Si](C)(C)C(C)(C)C. The van der Waals surface area contributed by atoms with Crippen LogP contribution in [0.2, 0.25) is 18.1 Å². The highest BCUT2D eigenvalue weighted by atomic mass is 28.4. The quantitative estimate of drug-likeness (QED) is 0.0584. The lowest BCUT2D eigenvalue weighted by molar-refractivity contribution is 0.100. The molecule has 64 heavy (non-hydrogen) atoms. The zero-order valence-corrected chi connectivity index (χ0v) is 43.8. The Kier molecular flexibility index (Phi) is 29.0. The molecule has 0 aliphatic carbocycles. The largest absolute Gasteiger partial charge is 0.417 e. The van der Waals surface area contributed by atoms with Crippen LogP contribution in [-0.2, 0) is 17.5 Å². The monoisotopic (exact) mass is 894 g/mol.